The number of fused-ring (bicyclic) bond motifs is 1. The number of hydrogen-bond donors (Lipinski definition) is 2. The summed E-state index contributed by atoms with van der Waals surface area (Å²) in [5.74, 6) is 6.80. The molecule has 0 bridgehead atoms. The van der Waals surface area contributed by atoms with Gasteiger partial charge in [-0.1, -0.05) is 39.5 Å². The second kappa shape index (κ2) is 12.6. The molecule has 2 N–H and O–H groups in total. The molecule has 4 rings (SSSR count). The number of hydrogen-bond acceptors (Lipinski definition) is 8. The van der Waals surface area contributed by atoms with Gasteiger partial charge in [0.15, 0.2) is 5.69 Å². The summed E-state index contributed by atoms with van der Waals surface area (Å²) in [6, 6.07) is 3.30. The number of methoxy groups -OCH3 is 2. The van der Waals surface area contributed by atoms with Crippen LogP contribution in [0.5, 0.6) is 11.6 Å². The zero-order chi connectivity index (χ0) is 29.7. The number of aromatic nitrogens is 2. The van der Waals surface area contributed by atoms with E-state index in [1.165, 1.54) is 31.3 Å². The van der Waals surface area contributed by atoms with Gasteiger partial charge in [0.2, 0.25) is 11.8 Å². The Bertz CT molecular complexity index is 1360. The van der Waals surface area contributed by atoms with Crippen molar-refractivity contribution in [3.8, 4) is 23.5 Å². The molecule has 3 atom stereocenters. The Morgan fingerprint density at radius 1 is 1.17 bits per heavy atom. The number of carbonyl (C=O) groups is 3. The number of nitrogens with zero attached hydrogens (tertiary/aromatic N) is 3. The molecule has 2 aliphatic rings. The molecule has 1 aromatic carbocycles. The number of ether oxygens (including phenoxy) is 3. The molecule has 1 aliphatic heterocycles. The van der Waals surface area contributed by atoms with Crippen molar-refractivity contribution < 1.29 is 33.7 Å². The maximum absolute atomic E-state index is 13.6. The van der Waals surface area contributed by atoms with Gasteiger partial charge in [0.05, 0.1) is 31.8 Å². The van der Waals surface area contributed by atoms with Crippen LogP contribution in [0.2, 0.25) is 0 Å². The van der Waals surface area contributed by atoms with E-state index in [0.717, 1.165) is 18.8 Å². The fraction of sp³-hybridized carbons (Fsp3) is 0.567. The van der Waals surface area contributed by atoms with Crippen molar-refractivity contribution in [1.29, 1.82) is 0 Å². The van der Waals surface area contributed by atoms with Gasteiger partial charge >= 0.3 is 12.1 Å². The predicted molar refractivity (Wildman–Crippen MR) is 150 cm³/mol. The lowest BCUT2D eigenvalue weighted by atomic mass is 9.85. The molecule has 2 amide bonds. The third kappa shape index (κ3) is 7.57. The summed E-state index contributed by atoms with van der Waals surface area (Å²) >= 11 is 0. The number of likely N-dealkylation sites (tertiary alicyclic amines) is 1. The van der Waals surface area contributed by atoms with Crippen LogP contribution in [0.25, 0.3) is 11.0 Å². The molecule has 1 saturated heterocycles. The van der Waals surface area contributed by atoms with Crippen molar-refractivity contribution >= 4 is 29.0 Å². The zero-order valence-electron chi connectivity index (χ0n) is 24.2. The topological polar surface area (TPSA) is 140 Å². The third-order valence-electron chi connectivity index (χ3n) is 7.34. The number of carbonyl (C=O) groups excluding carboxylic acids is 2. The van der Waals surface area contributed by atoms with Crippen molar-refractivity contribution in [3.05, 3.63) is 23.9 Å². The molecule has 0 spiro atoms. The summed E-state index contributed by atoms with van der Waals surface area (Å²) in [7, 11) is 2.81. The van der Waals surface area contributed by atoms with Crippen molar-refractivity contribution in [2.24, 2.45) is 11.3 Å². The number of nitrogens with one attached hydrogen (secondary N) is 1. The van der Waals surface area contributed by atoms with Crippen molar-refractivity contribution in [1.82, 2.24) is 20.2 Å². The molecule has 1 unspecified atom stereocenters. The average molecular weight is 567 g/mol. The lowest BCUT2D eigenvalue weighted by Crippen LogP contribution is -2.56. The van der Waals surface area contributed by atoms with E-state index >= 15 is 0 Å². The van der Waals surface area contributed by atoms with E-state index in [1.807, 2.05) is 0 Å². The van der Waals surface area contributed by atoms with Crippen LogP contribution in [0.1, 0.15) is 65.0 Å². The number of carboxylic acid groups (broad SMARTS) is 1. The molecule has 2 fully saturated rings. The maximum atomic E-state index is 13.6. The second-order valence-corrected chi connectivity index (χ2v) is 11.6. The lowest BCUT2D eigenvalue weighted by Gasteiger charge is -2.34. The largest absolute Gasteiger partial charge is 0.497 e. The highest BCUT2D eigenvalue weighted by atomic mass is 16.5. The van der Waals surface area contributed by atoms with Crippen LogP contribution in [0.15, 0.2) is 18.2 Å². The van der Waals surface area contributed by atoms with Crippen LogP contribution in [0, 0.1) is 23.2 Å². The number of unbranched alkanes of at least 4 members (excludes halogenated alkanes) is 1. The Labute approximate surface area is 239 Å². The number of amides is 2. The SMILES string of the molecule is COC(=O)[C@@H]1CC(Oc2nc3cc(OC)ccc3nc2C#CCCCC2CC2)CN1C(=O)[C@@H](NC(=O)O)C(C)(C)C. The van der Waals surface area contributed by atoms with E-state index in [9.17, 15) is 19.5 Å². The van der Waals surface area contributed by atoms with Gasteiger partial charge < -0.3 is 29.5 Å². The normalized spacial score (nSPS) is 19.2. The van der Waals surface area contributed by atoms with E-state index in [1.54, 1.807) is 46.1 Å². The number of rotatable bonds is 9. The summed E-state index contributed by atoms with van der Waals surface area (Å²) in [6.45, 7) is 5.27. The predicted octanol–water partition coefficient (Wildman–Crippen LogP) is 3.77. The first kappa shape index (κ1) is 29.9. The van der Waals surface area contributed by atoms with Crippen LogP contribution in [-0.2, 0) is 14.3 Å². The van der Waals surface area contributed by atoms with Crippen LogP contribution in [-0.4, -0.2) is 76.9 Å². The molecule has 41 heavy (non-hydrogen) atoms. The molecule has 2 heterocycles. The van der Waals surface area contributed by atoms with Gasteiger partial charge in [-0.05, 0) is 42.2 Å². The molecule has 2 aromatic rings. The minimum absolute atomic E-state index is 0.0264. The zero-order valence-corrected chi connectivity index (χ0v) is 24.2. The molecule has 11 heteroatoms. The highest BCUT2D eigenvalue weighted by Crippen LogP contribution is 2.34. The van der Waals surface area contributed by atoms with E-state index in [4.69, 9.17) is 19.2 Å². The van der Waals surface area contributed by atoms with Crippen LogP contribution in [0.4, 0.5) is 4.79 Å². The molecular weight excluding hydrogens is 528 g/mol. The second-order valence-electron chi connectivity index (χ2n) is 11.6. The Hall–Kier alpha value is -4.07. The molecule has 11 nitrogen and oxygen atoms in total. The van der Waals surface area contributed by atoms with E-state index < -0.39 is 41.6 Å². The van der Waals surface area contributed by atoms with Crippen molar-refractivity contribution in [3.63, 3.8) is 0 Å². The standard InChI is InChI=1S/C30H38N4O7/c1-30(2,3)25(33-29(37)38)27(35)34-17-20(16-24(34)28(36)40-5)41-26-22(10-8-6-7-9-18-11-12-18)31-21-14-13-19(39-4)15-23(21)32-26/h13-15,18,20,24-25,33H,6-7,9,11-12,16-17H2,1-5H3,(H,37,38)/t20?,24-,25+/m0/s1. The minimum Gasteiger partial charge on any atom is -0.497 e. The first-order valence-corrected chi connectivity index (χ1v) is 13.9. The van der Waals surface area contributed by atoms with Gasteiger partial charge in [0.1, 0.15) is 23.9 Å². The Kier molecular flexibility index (Phi) is 9.21. The first-order valence-electron chi connectivity index (χ1n) is 13.9. The third-order valence-corrected chi connectivity index (χ3v) is 7.34. The fourth-order valence-corrected chi connectivity index (χ4v) is 4.92. The highest BCUT2D eigenvalue weighted by molar-refractivity contribution is 5.90. The monoisotopic (exact) mass is 566 g/mol. The van der Waals surface area contributed by atoms with Crippen molar-refractivity contribution in [2.75, 3.05) is 20.8 Å². The summed E-state index contributed by atoms with van der Waals surface area (Å²) in [5, 5.41) is 11.7. The van der Waals surface area contributed by atoms with Gasteiger partial charge in [-0.25, -0.2) is 19.6 Å². The van der Waals surface area contributed by atoms with Gasteiger partial charge in [-0.3, -0.25) is 4.79 Å². The van der Waals surface area contributed by atoms with E-state index in [0.29, 0.717) is 22.5 Å². The molecule has 0 radical (unpaired) electrons. The van der Waals surface area contributed by atoms with Gasteiger partial charge in [-0.2, -0.15) is 0 Å². The smallest absolute Gasteiger partial charge is 0.405 e. The average Bonchev–Trinajstić information content (AvgIpc) is 3.66. The summed E-state index contributed by atoms with van der Waals surface area (Å²) in [6.07, 6.45) is 3.71. The van der Waals surface area contributed by atoms with E-state index in [-0.39, 0.29) is 18.8 Å². The number of esters is 1. The fourth-order valence-electron chi connectivity index (χ4n) is 4.92. The van der Waals surface area contributed by atoms with E-state index in [2.05, 4.69) is 22.1 Å². The van der Waals surface area contributed by atoms with Gasteiger partial charge in [-0.15, -0.1) is 0 Å². The van der Waals surface area contributed by atoms with Gasteiger partial charge in [0, 0.05) is 18.9 Å². The molecule has 1 aliphatic carbocycles. The Morgan fingerprint density at radius 2 is 1.93 bits per heavy atom. The maximum Gasteiger partial charge on any atom is 0.405 e. The molecule has 220 valence electrons. The molecular formula is C30H38N4O7. The molecule has 1 aromatic heterocycles. The van der Waals surface area contributed by atoms with Crippen LogP contribution < -0.4 is 14.8 Å². The molecule has 1 saturated carbocycles. The first-order chi connectivity index (χ1) is 19.5. The van der Waals surface area contributed by atoms with Crippen molar-refractivity contribution in [2.45, 2.75) is 77.5 Å². The summed E-state index contributed by atoms with van der Waals surface area (Å²) in [4.78, 5) is 48.5. The minimum atomic E-state index is -1.33. The quantitative estimate of drug-likeness (QED) is 0.264. The summed E-state index contributed by atoms with van der Waals surface area (Å²) in [5.41, 5.74) is 0.797. The Morgan fingerprint density at radius 3 is 2.56 bits per heavy atom. The Balaban J connectivity index is 1.61. The summed E-state index contributed by atoms with van der Waals surface area (Å²) < 4.78 is 16.6. The van der Waals surface area contributed by atoms with Crippen LogP contribution in [0.3, 0.4) is 0 Å². The number of benzene rings is 1. The lowest BCUT2D eigenvalue weighted by molar-refractivity contribution is -0.152. The van der Waals surface area contributed by atoms with Gasteiger partial charge in [0.25, 0.3) is 0 Å². The highest BCUT2D eigenvalue weighted by Gasteiger charge is 2.46. The van der Waals surface area contributed by atoms with Crippen LogP contribution >= 0.6 is 0 Å².